The van der Waals surface area contributed by atoms with Gasteiger partial charge >= 0.3 is 6.18 Å². The van der Waals surface area contributed by atoms with Crippen molar-refractivity contribution in [1.29, 1.82) is 0 Å². The quantitative estimate of drug-likeness (QED) is 0.418. The summed E-state index contributed by atoms with van der Waals surface area (Å²) >= 11 is 0. The second-order valence-electron chi connectivity index (χ2n) is 7.38. The van der Waals surface area contributed by atoms with E-state index in [0.717, 1.165) is 0 Å². The van der Waals surface area contributed by atoms with Crippen LogP contribution in [-0.2, 0) is 4.79 Å². The first-order valence-corrected chi connectivity index (χ1v) is 9.49. The number of benzene rings is 1. The summed E-state index contributed by atoms with van der Waals surface area (Å²) in [6.07, 6.45) is -2.14. The summed E-state index contributed by atoms with van der Waals surface area (Å²) in [5.74, 6) is -1.96. The summed E-state index contributed by atoms with van der Waals surface area (Å²) in [6, 6.07) is 2.04. The number of carbonyl (C=O) groups is 1. The van der Waals surface area contributed by atoms with Crippen LogP contribution in [0.15, 0.2) is 51.5 Å². The van der Waals surface area contributed by atoms with Gasteiger partial charge in [0.05, 0.1) is 12.8 Å². The number of carbonyl (C=O) groups excluding carboxylic acids is 1. The molecule has 6 nitrogen and oxygen atoms in total. The molecule has 31 heavy (non-hydrogen) atoms. The number of aliphatic imine (C=N–C) groups is 2. The Morgan fingerprint density at radius 1 is 1.35 bits per heavy atom. The fraction of sp³-hybridized carbons (Fsp3) is 0.381. The molecule has 10 heteroatoms. The number of ether oxygens (including phenoxy) is 1. The molecule has 1 aliphatic heterocycles. The van der Waals surface area contributed by atoms with Crippen molar-refractivity contribution in [2.24, 2.45) is 15.9 Å². The average Bonchev–Trinajstić information content (AvgIpc) is 3.53. The summed E-state index contributed by atoms with van der Waals surface area (Å²) < 4.78 is 59.0. The maximum atomic E-state index is 14.0. The van der Waals surface area contributed by atoms with Crippen molar-refractivity contribution < 1.29 is 27.1 Å². The van der Waals surface area contributed by atoms with Gasteiger partial charge in [0, 0.05) is 24.4 Å². The highest BCUT2D eigenvalue weighted by Gasteiger charge is 2.50. The molecule has 0 radical (unpaired) electrons. The van der Waals surface area contributed by atoms with Gasteiger partial charge in [0.25, 0.3) is 5.91 Å². The Bertz CT molecular complexity index is 994. The first kappa shape index (κ1) is 22.5. The van der Waals surface area contributed by atoms with E-state index in [1.165, 1.54) is 24.1 Å². The van der Waals surface area contributed by atoms with Crippen molar-refractivity contribution in [3.05, 3.63) is 52.9 Å². The van der Waals surface area contributed by atoms with Crippen LogP contribution in [-0.4, -0.2) is 49.6 Å². The average molecular weight is 438 g/mol. The van der Waals surface area contributed by atoms with Crippen LogP contribution in [0.3, 0.4) is 0 Å². The van der Waals surface area contributed by atoms with Crippen molar-refractivity contribution in [2.75, 3.05) is 14.2 Å². The Morgan fingerprint density at radius 3 is 2.58 bits per heavy atom. The molecule has 0 saturated heterocycles. The molecular weight excluding hydrogens is 416 g/mol. The van der Waals surface area contributed by atoms with Crippen molar-refractivity contribution in [2.45, 2.75) is 32.0 Å². The van der Waals surface area contributed by atoms with E-state index in [-0.39, 0.29) is 17.3 Å². The molecule has 1 aromatic rings. The minimum Gasteiger partial charge on any atom is -0.497 e. The molecule has 1 heterocycles. The standard InChI is InChI=1S/C21H22F4N4O2/c1-11-7-16(13-8-14(22)10-15(9-13)31-4)27-19(29(11)3)17(26-2)20(30)28-18(12-5-6-12)21(23,24)25/h7-10,12,18H,2,5-6H2,1,3-4H3,(H,28,30)/b19-17-. The van der Waals surface area contributed by atoms with Gasteiger partial charge in [-0.3, -0.25) is 9.79 Å². The van der Waals surface area contributed by atoms with E-state index >= 15 is 0 Å². The maximum absolute atomic E-state index is 14.0. The molecule has 1 saturated carbocycles. The number of allylic oxidation sites excluding steroid dienone is 2. The number of nitrogens with one attached hydrogen (secondary N) is 1. The molecule has 3 rings (SSSR count). The molecule has 0 bridgehead atoms. The lowest BCUT2D eigenvalue weighted by Crippen LogP contribution is -2.47. The minimum absolute atomic E-state index is 0.00227. The Kier molecular flexibility index (Phi) is 6.19. The van der Waals surface area contributed by atoms with E-state index in [4.69, 9.17) is 4.74 Å². The summed E-state index contributed by atoms with van der Waals surface area (Å²) in [5.41, 5.74) is 0.932. The van der Waals surface area contributed by atoms with Crippen molar-refractivity contribution in [3.63, 3.8) is 0 Å². The van der Waals surface area contributed by atoms with E-state index in [9.17, 15) is 22.4 Å². The summed E-state index contributed by atoms with van der Waals surface area (Å²) in [5, 5.41) is 2.03. The number of nitrogens with zero attached hydrogens (tertiary/aromatic N) is 3. The van der Waals surface area contributed by atoms with Gasteiger partial charge in [-0.1, -0.05) is 0 Å². The summed E-state index contributed by atoms with van der Waals surface area (Å²) in [7, 11) is 2.98. The molecule has 1 amide bonds. The number of methoxy groups -OCH3 is 1. The zero-order chi connectivity index (χ0) is 22.9. The first-order chi connectivity index (χ1) is 14.5. The Hall–Kier alpha value is -3.17. The van der Waals surface area contributed by atoms with Gasteiger partial charge in [0.2, 0.25) is 0 Å². The number of halogens is 4. The van der Waals surface area contributed by atoms with Gasteiger partial charge in [-0.25, -0.2) is 9.38 Å². The molecule has 1 aromatic carbocycles. The van der Waals surface area contributed by atoms with E-state index in [1.54, 1.807) is 26.1 Å². The lowest BCUT2D eigenvalue weighted by molar-refractivity contribution is -0.164. The lowest BCUT2D eigenvalue weighted by Gasteiger charge is -2.27. The number of alkyl halides is 3. The SMILES string of the molecule is C=N/C(C(=O)NC(C1CC1)C(F)(F)F)=C1/N=C(c2cc(F)cc(OC)c2)C=C(C)N1C. The van der Waals surface area contributed by atoms with E-state index < -0.39 is 29.9 Å². The van der Waals surface area contributed by atoms with Gasteiger partial charge in [-0.2, -0.15) is 13.2 Å². The summed E-state index contributed by atoms with van der Waals surface area (Å²) in [4.78, 5) is 22.3. The molecule has 166 valence electrons. The van der Waals surface area contributed by atoms with Crippen LogP contribution in [0, 0.1) is 11.7 Å². The second-order valence-corrected chi connectivity index (χ2v) is 7.38. The van der Waals surface area contributed by atoms with Gasteiger partial charge in [0.15, 0.2) is 11.5 Å². The molecule has 0 aromatic heterocycles. The largest absolute Gasteiger partial charge is 0.497 e. The fourth-order valence-corrected chi connectivity index (χ4v) is 3.22. The highest BCUT2D eigenvalue weighted by atomic mass is 19.4. The van der Waals surface area contributed by atoms with Crippen molar-refractivity contribution >= 4 is 18.3 Å². The van der Waals surface area contributed by atoms with E-state index in [1.807, 2.05) is 5.32 Å². The van der Waals surface area contributed by atoms with Crippen LogP contribution in [0.1, 0.15) is 25.3 Å². The predicted molar refractivity (Wildman–Crippen MR) is 108 cm³/mol. The Balaban J connectivity index is 2.02. The number of amides is 1. The normalized spacial score (nSPS) is 19.3. The molecule has 1 aliphatic carbocycles. The molecule has 1 N–H and O–H groups in total. The van der Waals surface area contributed by atoms with Gasteiger partial charge in [-0.15, -0.1) is 0 Å². The highest BCUT2D eigenvalue weighted by Crippen LogP contribution is 2.40. The summed E-state index contributed by atoms with van der Waals surface area (Å²) in [6.45, 7) is 5.06. The van der Waals surface area contributed by atoms with Gasteiger partial charge in [0.1, 0.15) is 17.6 Å². The van der Waals surface area contributed by atoms with Gasteiger partial charge < -0.3 is 15.0 Å². The molecular formula is C21H22F4N4O2. The van der Waals surface area contributed by atoms with E-state index in [2.05, 4.69) is 16.7 Å². The maximum Gasteiger partial charge on any atom is 0.408 e. The van der Waals surface area contributed by atoms with Crippen LogP contribution in [0.5, 0.6) is 5.75 Å². The third kappa shape index (κ3) is 4.95. The van der Waals surface area contributed by atoms with Crippen LogP contribution in [0.4, 0.5) is 17.6 Å². The van der Waals surface area contributed by atoms with Gasteiger partial charge in [-0.05, 0) is 50.6 Å². The van der Waals surface area contributed by atoms with Crippen molar-refractivity contribution in [1.82, 2.24) is 10.2 Å². The third-order valence-corrected chi connectivity index (χ3v) is 5.14. The zero-order valence-corrected chi connectivity index (χ0v) is 17.3. The second kappa shape index (κ2) is 8.52. The van der Waals surface area contributed by atoms with Crippen molar-refractivity contribution in [3.8, 4) is 5.75 Å². The minimum atomic E-state index is -4.57. The van der Waals surface area contributed by atoms with Crippen LogP contribution < -0.4 is 10.1 Å². The Morgan fingerprint density at radius 2 is 2.03 bits per heavy atom. The first-order valence-electron chi connectivity index (χ1n) is 9.49. The monoisotopic (exact) mass is 438 g/mol. The fourth-order valence-electron chi connectivity index (χ4n) is 3.22. The third-order valence-electron chi connectivity index (χ3n) is 5.14. The molecule has 2 aliphatic rings. The number of hydrogen-bond donors (Lipinski definition) is 1. The van der Waals surface area contributed by atoms with Crippen LogP contribution >= 0.6 is 0 Å². The molecule has 1 unspecified atom stereocenters. The predicted octanol–water partition coefficient (Wildman–Crippen LogP) is 3.80. The molecule has 1 atom stereocenters. The van der Waals surface area contributed by atoms with Crippen LogP contribution in [0.25, 0.3) is 0 Å². The molecule has 0 spiro atoms. The lowest BCUT2D eigenvalue weighted by atomic mass is 10.1. The number of hydrogen-bond acceptors (Lipinski definition) is 5. The topological polar surface area (TPSA) is 66.3 Å². The molecule has 1 fully saturated rings. The Labute approximate surface area is 177 Å². The number of rotatable bonds is 6. The smallest absolute Gasteiger partial charge is 0.408 e. The van der Waals surface area contributed by atoms with Crippen LogP contribution in [0.2, 0.25) is 0 Å². The zero-order valence-electron chi connectivity index (χ0n) is 17.3. The highest BCUT2D eigenvalue weighted by molar-refractivity contribution is 6.10. The van der Waals surface area contributed by atoms with E-state index in [0.29, 0.717) is 29.8 Å².